The molecule has 7 nitrogen and oxygen atoms in total. The topological polar surface area (TPSA) is 88.6 Å². The molecule has 0 spiro atoms. The molecule has 0 aliphatic rings. The maximum absolute atomic E-state index is 12.3. The van der Waals surface area contributed by atoms with Crippen molar-refractivity contribution in [1.29, 1.82) is 0 Å². The Morgan fingerprint density at radius 3 is 2.71 bits per heavy atom. The number of carbonyl (C=O) groups excluding carboxylic acids is 1. The van der Waals surface area contributed by atoms with E-state index in [4.69, 9.17) is 4.84 Å². The summed E-state index contributed by atoms with van der Waals surface area (Å²) in [6.07, 6.45) is 3.25. The molecule has 2 rings (SSSR count). The van der Waals surface area contributed by atoms with Crippen LogP contribution in [0.25, 0.3) is 0 Å². The Hall–Kier alpha value is -1.81. The Labute approximate surface area is 148 Å². The Bertz CT molecular complexity index is 826. The lowest BCUT2D eigenvalue weighted by Crippen LogP contribution is -2.25. The Kier molecular flexibility index (Phi) is 6.05. The molecule has 24 heavy (non-hydrogen) atoms. The van der Waals surface area contributed by atoms with Crippen molar-refractivity contribution in [3.63, 3.8) is 0 Å². The summed E-state index contributed by atoms with van der Waals surface area (Å²) < 4.78 is 26.0. The molecule has 1 heterocycles. The molecule has 0 saturated carbocycles. The van der Waals surface area contributed by atoms with Crippen LogP contribution in [0.3, 0.4) is 0 Å². The fourth-order valence-electron chi connectivity index (χ4n) is 1.77. The standard InChI is InChI=1S/C15H16BrN3O4S/c1-19(2)24(21,22)14-8-12(5-6-13(14)16)15(20)18-23-10-11-4-3-7-17-9-11/h3-9H,10H2,1-2H3,(H,18,20). The SMILES string of the molecule is CN(C)S(=O)(=O)c1cc(C(=O)NOCc2cccnc2)ccc1Br. The number of carbonyl (C=O) groups is 1. The predicted molar refractivity (Wildman–Crippen MR) is 91.5 cm³/mol. The molecule has 2 aromatic rings. The quantitative estimate of drug-likeness (QED) is 0.731. The molecule has 0 aliphatic carbocycles. The van der Waals surface area contributed by atoms with E-state index >= 15 is 0 Å². The van der Waals surface area contributed by atoms with E-state index in [1.807, 2.05) is 0 Å². The lowest BCUT2D eigenvalue weighted by molar-refractivity contribution is 0.0232. The first-order chi connectivity index (χ1) is 11.3. The van der Waals surface area contributed by atoms with Gasteiger partial charge >= 0.3 is 0 Å². The smallest absolute Gasteiger partial charge is 0.269 e. The maximum Gasteiger partial charge on any atom is 0.274 e. The van der Waals surface area contributed by atoms with E-state index in [1.54, 1.807) is 24.5 Å². The average molecular weight is 414 g/mol. The minimum Gasteiger partial charge on any atom is -0.269 e. The number of pyridine rings is 1. The molecule has 0 bridgehead atoms. The van der Waals surface area contributed by atoms with Crippen LogP contribution in [-0.4, -0.2) is 37.7 Å². The van der Waals surface area contributed by atoms with Crippen molar-refractivity contribution in [3.05, 3.63) is 58.3 Å². The summed E-state index contributed by atoms with van der Waals surface area (Å²) in [4.78, 5) is 21.2. The van der Waals surface area contributed by atoms with Gasteiger partial charge in [-0.15, -0.1) is 0 Å². The lowest BCUT2D eigenvalue weighted by Gasteiger charge is -2.14. The van der Waals surface area contributed by atoms with Gasteiger partial charge in [-0.1, -0.05) is 6.07 Å². The van der Waals surface area contributed by atoms with Crippen molar-refractivity contribution in [2.45, 2.75) is 11.5 Å². The highest BCUT2D eigenvalue weighted by Gasteiger charge is 2.22. The zero-order chi connectivity index (χ0) is 17.7. The molecule has 0 unspecified atom stereocenters. The zero-order valence-electron chi connectivity index (χ0n) is 13.1. The average Bonchev–Trinajstić information content (AvgIpc) is 2.55. The number of hydroxylamine groups is 1. The minimum absolute atomic E-state index is 0.00686. The summed E-state index contributed by atoms with van der Waals surface area (Å²) in [5.74, 6) is -0.540. The maximum atomic E-state index is 12.3. The van der Waals surface area contributed by atoms with Crippen LogP contribution < -0.4 is 5.48 Å². The summed E-state index contributed by atoms with van der Waals surface area (Å²) in [6, 6.07) is 7.87. The van der Waals surface area contributed by atoms with Crippen molar-refractivity contribution >= 4 is 31.9 Å². The number of rotatable bonds is 6. The fourth-order valence-corrected chi connectivity index (χ4v) is 3.61. The van der Waals surface area contributed by atoms with E-state index < -0.39 is 15.9 Å². The molecule has 0 aliphatic heterocycles. The first-order valence-electron chi connectivity index (χ1n) is 6.85. The van der Waals surface area contributed by atoms with Crippen LogP contribution in [0.2, 0.25) is 0 Å². The molecule has 0 radical (unpaired) electrons. The fraction of sp³-hybridized carbons (Fsp3) is 0.200. The number of nitrogens with zero attached hydrogens (tertiary/aromatic N) is 2. The number of halogens is 1. The molecule has 0 fully saturated rings. The second-order valence-corrected chi connectivity index (χ2v) is 7.99. The van der Waals surface area contributed by atoms with Crippen LogP contribution in [0.5, 0.6) is 0 Å². The number of aromatic nitrogens is 1. The highest BCUT2D eigenvalue weighted by molar-refractivity contribution is 9.10. The first-order valence-corrected chi connectivity index (χ1v) is 9.09. The van der Waals surface area contributed by atoms with E-state index in [0.717, 1.165) is 9.87 Å². The van der Waals surface area contributed by atoms with Crippen LogP contribution in [0, 0.1) is 0 Å². The summed E-state index contributed by atoms with van der Waals surface area (Å²) >= 11 is 3.19. The van der Waals surface area contributed by atoms with Crippen LogP contribution in [0.1, 0.15) is 15.9 Å². The second-order valence-electron chi connectivity index (χ2n) is 5.01. The number of nitrogens with one attached hydrogen (secondary N) is 1. The number of hydrogen-bond donors (Lipinski definition) is 1. The van der Waals surface area contributed by atoms with Crippen molar-refractivity contribution < 1.29 is 18.0 Å². The largest absolute Gasteiger partial charge is 0.274 e. The van der Waals surface area contributed by atoms with E-state index in [2.05, 4.69) is 26.4 Å². The summed E-state index contributed by atoms with van der Waals surface area (Å²) in [7, 11) is -0.825. The van der Waals surface area contributed by atoms with Crippen LogP contribution in [0.15, 0.2) is 52.1 Å². The molecule has 1 aromatic carbocycles. The van der Waals surface area contributed by atoms with Gasteiger partial charge in [0.15, 0.2) is 0 Å². The molecule has 0 atom stereocenters. The van der Waals surface area contributed by atoms with Crippen LogP contribution in [-0.2, 0) is 21.5 Å². The molecule has 9 heteroatoms. The van der Waals surface area contributed by atoms with Crippen LogP contribution >= 0.6 is 15.9 Å². The molecule has 1 aromatic heterocycles. The molecule has 1 amide bonds. The van der Waals surface area contributed by atoms with Gasteiger partial charge in [0.05, 0.1) is 4.90 Å². The van der Waals surface area contributed by atoms with Crippen molar-refractivity contribution in [1.82, 2.24) is 14.8 Å². The molecule has 0 saturated heterocycles. The van der Waals surface area contributed by atoms with Crippen LogP contribution in [0.4, 0.5) is 0 Å². The Balaban J connectivity index is 2.10. The Morgan fingerprint density at radius 1 is 1.33 bits per heavy atom. The highest BCUT2D eigenvalue weighted by atomic mass is 79.9. The van der Waals surface area contributed by atoms with Gasteiger partial charge in [0.25, 0.3) is 5.91 Å². The summed E-state index contributed by atoms with van der Waals surface area (Å²) in [6.45, 7) is 0.152. The van der Waals surface area contributed by atoms with Gasteiger partial charge in [0, 0.05) is 36.5 Å². The van der Waals surface area contributed by atoms with Gasteiger partial charge in [0.1, 0.15) is 6.61 Å². The zero-order valence-corrected chi connectivity index (χ0v) is 15.5. The minimum atomic E-state index is -3.67. The van der Waals surface area contributed by atoms with Gasteiger partial charge in [-0.2, -0.15) is 0 Å². The monoisotopic (exact) mass is 413 g/mol. The third-order valence-electron chi connectivity index (χ3n) is 3.08. The number of hydrogen-bond acceptors (Lipinski definition) is 5. The number of sulfonamides is 1. The molecular weight excluding hydrogens is 398 g/mol. The molecule has 128 valence electrons. The van der Waals surface area contributed by atoms with E-state index in [0.29, 0.717) is 4.47 Å². The van der Waals surface area contributed by atoms with Gasteiger partial charge in [-0.3, -0.25) is 14.6 Å². The normalized spacial score (nSPS) is 11.5. The second kappa shape index (κ2) is 7.84. The van der Waals surface area contributed by atoms with E-state index in [-0.39, 0.29) is 17.1 Å². The van der Waals surface area contributed by atoms with Gasteiger partial charge in [-0.25, -0.2) is 18.2 Å². The van der Waals surface area contributed by atoms with Gasteiger partial charge < -0.3 is 0 Å². The van der Waals surface area contributed by atoms with E-state index in [1.165, 1.54) is 32.3 Å². The highest BCUT2D eigenvalue weighted by Crippen LogP contribution is 2.25. The lowest BCUT2D eigenvalue weighted by atomic mass is 10.2. The third kappa shape index (κ3) is 4.38. The van der Waals surface area contributed by atoms with Crippen molar-refractivity contribution in [3.8, 4) is 0 Å². The summed E-state index contributed by atoms with van der Waals surface area (Å²) in [5.41, 5.74) is 3.25. The summed E-state index contributed by atoms with van der Waals surface area (Å²) in [5, 5.41) is 0. The van der Waals surface area contributed by atoms with Gasteiger partial charge in [0.2, 0.25) is 10.0 Å². The molecule has 1 N–H and O–H groups in total. The Morgan fingerprint density at radius 2 is 2.08 bits per heavy atom. The number of amides is 1. The predicted octanol–water partition coefficient (Wildman–Crippen LogP) is 1.96. The van der Waals surface area contributed by atoms with E-state index in [9.17, 15) is 13.2 Å². The van der Waals surface area contributed by atoms with Crippen molar-refractivity contribution in [2.75, 3.05) is 14.1 Å². The van der Waals surface area contributed by atoms with Crippen molar-refractivity contribution in [2.24, 2.45) is 0 Å². The first kappa shape index (κ1) is 18.5. The molecular formula is C15H16BrN3O4S. The third-order valence-corrected chi connectivity index (χ3v) is 5.89. The number of benzene rings is 1. The van der Waals surface area contributed by atoms with Gasteiger partial charge in [-0.05, 0) is 45.8 Å².